The van der Waals surface area contributed by atoms with E-state index in [0.29, 0.717) is 4.68 Å². The van der Waals surface area contributed by atoms with E-state index in [1.807, 2.05) is 0 Å². The van der Waals surface area contributed by atoms with Crippen LogP contribution in [0.4, 0.5) is 13.2 Å². The molecular weight excluding hydrogens is 209 g/mol. The van der Waals surface area contributed by atoms with E-state index < -0.39 is 22.6 Å². The largest absolute Gasteiger partial charge is 0.434 e. The Kier molecular flexibility index (Phi) is 2.34. The van der Waals surface area contributed by atoms with Crippen LogP contribution in [0, 0.1) is 0 Å². The molecule has 0 aliphatic rings. The molecular formula is C6H4ClF3N2O. The van der Waals surface area contributed by atoms with Gasteiger partial charge in [-0.05, 0) is 0 Å². The standard InChI is InChI=1S/C6H4ClF3N2O/c1-12-5(6(8,9)10)4(7)3(2-13)11-12/h2H,1H3. The lowest BCUT2D eigenvalue weighted by Crippen LogP contribution is -2.12. The first-order valence-electron chi connectivity index (χ1n) is 3.12. The second-order valence-electron chi connectivity index (χ2n) is 2.29. The first kappa shape index (κ1) is 10.0. The molecule has 3 nitrogen and oxygen atoms in total. The summed E-state index contributed by atoms with van der Waals surface area (Å²) in [6, 6.07) is 0. The summed E-state index contributed by atoms with van der Waals surface area (Å²) in [5, 5.41) is 2.63. The van der Waals surface area contributed by atoms with Crippen molar-refractivity contribution < 1.29 is 18.0 Å². The number of nitrogens with zero attached hydrogens (tertiary/aromatic N) is 2. The number of halogens is 4. The van der Waals surface area contributed by atoms with Crippen molar-refractivity contribution in [1.82, 2.24) is 9.78 Å². The number of alkyl halides is 3. The normalized spacial score (nSPS) is 11.8. The van der Waals surface area contributed by atoms with Crippen molar-refractivity contribution in [3.63, 3.8) is 0 Å². The third kappa shape index (κ3) is 1.67. The van der Waals surface area contributed by atoms with Gasteiger partial charge in [0.25, 0.3) is 0 Å². The van der Waals surface area contributed by atoms with Gasteiger partial charge in [0, 0.05) is 7.05 Å². The smallest absolute Gasteiger partial charge is 0.296 e. The van der Waals surface area contributed by atoms with Crippen LogP contribution < -0.4 is 0 Å². The minimum absolute atomic E-state index is 0.178. The van der Waals surface area contributed by atoms with Gasteiger partial charge in [-0.15, -0.1) is 0 Å². The Morgan fingerprint density at radius 2 is 2.08 bits per heavy atom. The van der Waals surface area contributed by atoms with E-state index in [2.05, 4.69) is 5.10 Å². The van der Waals surface area contributed by atoms with Gasteiger partial charge in [0.2, 0.25) is 0 Å². The van der Waals surface area contributed by atoms with Gasteiger partial charge in [0.1, 0.15) is 10.7 Å². The highest BCUT2D eigenvalue weighted by molar-refractivity contribution is 6.33. The summed E-state index contributed by atoms with van der Waals surface area (Å²) in [6.07, 6.45) is -4.42. The van der Waals surface area contributed by atoms with Crippen molar-refractivity contribution in [2.24, 2.45) is 7.05 Å². The third-order valence-corrected chi connectivity index (χ3v) is 1.77. The molecule has 0 fully saturated rings. The van der Waals surface area contributed by atoms with E-state index in [9.17, 15) is 18.0 Å². The quantitative estimate of drug-likeness (QED) is 0.667. The van der Waals surface area contributed by atoms with Crippen molar-refractivity contribution in [3.05, 3.63) is 16.4 Å². The highest BCUT2D eigenvalue weighted by Crippen LogP contribution is 2.35. The van der Waals surface area contributed by atoms with Crippen LogP contribution in [0.1, 0.15) is 16.2 Å². The van der Waals surface area contributed by atoms with Crippen LogP contribution in [-0.4, -0.2) is 16.1 Å². The summed E-state index contributed by atoms with van der Waals surface area (Å²) in [4.78, 5) is 10.2. The number of aromatic nitrogens is 2. The van der Waals surface area contributed by atoms with E-state index >= 15 is 0 Å². The van der Waals surface area contributed by atoms with Crippen LogP contribution in [-0.2, 0) is 13.2 Å². The number of aldehydes is 1. The molecule has 1 heterocycles. The maximum absolute atomic E-state index is 12.2. The number of carbonyl (C=O) groups excluding carboxylic acids is 1. The molecule has 0 saturated heterocycles. The molecule has 0 saturated carbocycles. The molecule has 0 N–H and O–H groups in total. The molecule has 13 heavy (non-hydrogen) atoms. The van der Waals surface area contributed by atoms with Crippen LogP contribution in [0.15, 0.2) is 0 Å². The van der Waals surface area contributed by atoms with E-state index in [4.69, 9.17) is 11.6 Å². The predicted molar refractivity (Wildman–Crippen MR) is 38.6 cm³/mol. The van der Waals surface area contributed by atoms with E-state index in [0.717, 1.165) is 7.05 Å². The average molecular weight is 213 g/mol. The molecule has 7 heteroatoms. The van der Waals surface area contributed by atoms with Gasteiger partial charge < -0.3 is 0 Å². The summed E-state index contributed by atoms with van der Waals surface area (Å²) < 4.78 is 37.1. The molecule has 0 amide bonds. The van der Waals surface area contributed by atoms with Crippen LogP contribution in [0.2, 0.25) is 5.02 Å². The number of hydrogen-bond donors (Lipinski definition) is 0. The Morgan fingerprint density at radius 3 is 2.31 bits per heavy atom. The van der Waals surface area contributed by atoms with Gasteiger partial charge in [0.05, 0.1) is 0 Å². The fraction of sp³-hybridized carbons (Fsp3) is 0.333. The Bertz CT molecular complexity index is 344. The molecule has 0 spiro atoms. The summed E-state index contributed by atoms with van der Waals surface area (Å²) in [5.74, 6) is 0. The average Bonchev–Trinajstić information content (AvgIpc) is 2.24. The second-order valence-corrected chi connectivity index (χ2v) is 2.67. The number of hydrogen-bond acceptors (Lipinski definition) is 2. The van der Waals surface area contributed by atoms with Crippen molar-refractivity contribution in [1.29, 1.82) is 0 Å². The molecule has 0 aliphatic carbocycles. The Hall–Kier alpha value is -1.04. The molecule has 0 radical (unpaired) electrons. The fourth-order valence-corrected chi connectivity index (χ4v) is 1.21. The lowest BCUT2D eigenvalue weighted by Gasteiger charge is -2.05. The molecule has 1 aromatic rings. The lowest BCUT2D eigenvalue weighted by atomic mass is 10.3. The first-order chi connectivity index (χ1) is 5.88. The molecule has 1 rings (SSSR count). The molecule has 1 aromatic heterocycles. The zero-order chi connectivity index (χ0) is 10.2. The number of carbonyl (C=O) groups is 1. The first-order valence-corrected chi connectivity index (χ1v) is 3.50. The van der Waals surface area contributed by atoms with E-state index in [1.165, 1.54) is 0 Å². The van der Waals surface area contributed by atoms with E-state index in [-0.39, 0.29) is 6.29 Å². The van der Waals surface area contributed by atoms with Gasteiger partial charge in [-0.3, -0.25) is 9.48 Å². The molecule has 0 aliphatic heterocycles. The molecule has 0 bridgehead atoms. The molecule has 72 valence electrons. The highest BCUT2D eigenvalue weighted by Gasteiger charge is 2.38. The van der Waals surface area contributed by atoms with Crippen LogP contribution >= 0.6 is 11.6 Å². The van der Waals surface area contributed by atoms with Crippen molar-refractivity contribution in [2.45, 2.75) is 6.18 Å². The minimum Gasteiger partial charge on any atom is -0.296 e. The lowest BCUT2D eigenvalue weighted by molar-refractivity contribution is -0.143. The van der Waals surface area contributed by atoms with Gasteiger partial charge in [-0.2, -0.15) is 18.3 Å². The Labute approximate surface area is 76.1 Å². The van der Waals surface area contributed by atoms with Gasteiger partial charge >= 0.3 is 6.18 Å². The van der Waals surface area contributed by atoms with Gasteiger partial charge in [-0.1, -0.05) is 11.6 Å². The maximum Gasteiger partial charge on any atom is 0.434 e. The van der Waals surface area contributed by atoms with Gasteiger partial charge in [-0.25, -0.2) is 0 Å². The molecule has 0 aromatic carbocycles. The predicted octanol–water partition coefficient (Wildman–Crippen LogP) is 1.90. The summed E-state index contributed by atoms with van der Waals surface area (Å²) in [6.45, 7) is 0. The van der Waals surface area contributed by atoms with Crippen LogP contribution in [0.25, 0.3) is 0 Å². The SMILES string of the molecule is Cn1nc(C=O)c(Cl)c1C(F)(F)F. The maximum atomic E-state index is 12.2. The fourth-order valence-electron chi connectivity index (χ4n) is 0.902. The zero-order valence-electron chi connectivity index (χ0n) is 6.39. The molecule has 0 unspecified atom stereocenters. The summed E-state index contributed by atoms with van der Waals surface area (Å²) in [7, 11) is 1.07. The number of aryl methyl sites for hydroxylation is 1. The topological polar surface area (TPSA) is 34.9 Å². The van der Waals surface area contributed by atoms with Crippen molar-refractivity contribution in [3.8, 4) is 0 Å². The molecule has 0 atom stereocenters. The zero-order valence-corrected chi connectivity index (χ0v) is 7.15. The van der Waals surface area contributed by atoms with Crippen LogP contribution in [0.5, 0.6) is 0 Å². The highest BCUT2D eigenvalue weighted by atomic mass is 35.5. The van der Waals surface area contributed by atoms with Crippen LogP contribution in [0.3, 0.4) is 0 Å². The van der Waals surface area contributed by atoms with Gasteiger partial charge in [0.15, 0.2) is 12.0 Å². The Morgan fingerprint density at radius 1 is 1.54 bits per heavy atom. The minimum atomic E-state index is -4.60. The Balaban J connectivity index is 3.37. The van der Waals surface area contributed by atoms with E-state index in [1.54, 1.807) is 0 Å². The monoisotopic (exact) mass is 212 g/mol. The summed E-state index contributed by atoms with van der Waals surface area (Å²) in [5.41, 5.74) is -1.52. The third-order valence-electron chi connectivity index (χ3n) is 1.39. The second kappa shape index (κ2) is 3.02. The number of rotatable bonds is 1. The van der Waals surface area contributed by atoms with Crippen molar-refractivity contribution >= 4 is 17.9 Å². The summed E-state index contributed by atoms with van der Waals surface area (Å²) >= 11 is 5.28. The van der Waals surface area contributed by atoms with Crippen molar-refractivity contribution in [2.75, 3.05) is 0 Å².